The Morgan fingerprint density at radius 1 is 1.18 bits per heavy atom. The third-order valence-corrected chi connectivity index (χ3v) is 4.07. The molecule has 2 aromatic rings. The Hall–Kier alpha value is -2.26. The molecule has 118 valence electrons. The van der Waals surface area contributed by atoms with Gasteiger partial charge in [-0.1, -0.05) is 6.07 Å². The van der Waals surface area contributed by atoms with Gasteiger partial charge in [0.15, 0.2) is 4.90 Å². The van der Waals surface area contributed by atoms with Crippen molar-refractivity contribution < 1.29 is 26.4 Å². The molecule has 0 aliphatic carbocycles. The lowest BCUT2D eigenvalue weighted by atomic mass is 10.2. The third kappa shape index (κ3) is 3.15. The minimum absolute atomic E-state index is 0.106. The number of carbonyl (C=O) groups is 1. The van der Waals surface area contributed by atoms with Crippen molar-refractivity contribution in [2.75, 3.05) is 0 Å². The lowest BCUT2D eigenvalue weighted by Crippen LogP contribution is -2.42. The van der Waals surface area contributed by atoms with Crippen LogP contribution in [0.15, 0.2) is 33.6 Å². The Bertz CT molecular complexity index is 810. The van der Waals surface area contributed by atoms with E-state index in [0.717, 1.165) is 18.2 Å². The van der Waals surface area contributed by atoms with Crippen molar-refractivity contribution in [3.8, 4) is 0 Å². The summed E-state index contributed by atoms with van der Waals surface area (Å²) in [6, 6.07) is 4.02. The molecule has 0 atom stereocenters. The standard InChI is InChI=1S/C13H12F2N2O4S/c1-7-6-9(8(2)21-7)13(18)16-17-22(19,20)12-10(14)4-3-5-11(12)15/h3-6,17H,1-2H3,(H,16,18). The Kier molecular flexibility index (Phi) is 4.29. The second kappa shape index (κ2) is 5.85. The summed E-state index contributed by atoms with van der Waals surface area (Å²) >= 11 is 0. The molecule has 2 rings (SSSR count). The fourth-order valence-corrected chi connectivity index (χ4v) is 2.81. The zero-order valence-corrected chi connectivity index (χ0v) is 12.4. The first kappa shape index (κ1) is 16.1. The molecule has 2 N–H and O–H groups in total. The van der Waals surface area contributed by atoms with E-state index in [0.29, 0.717) is 5.76 Å². The van der Waals surface area contributed by atoms with Gasteiger partial charge in [0, 0.05) is 0 Å². The minimum Gasteiger partial charge on any atom is -0.466 e. The normalized spacial score (nSPS) is 11.5. The number of hydrogen-bond acceptors (Lipinski definition) is 4. The average Bonchev–Trinajstić information content (AvgIpc) is 2.75. The molecule has 0 bridgehead atoms. The van der Waals surface area contributed by atoms with Gasteiger partial charge in [0.05, 0.1) is 5.56 Å². The van der Waals surface area contributed by atoms with Crippen LogP contribution < -0.4 is 10.3 Å². The van der Waals surface area contributed by atoms with Crippen molar-refractivity contribution in [2.45, 2.75) is 18.7 Å². The summed E-state index contributed by atoms with van der Waals surface area (Å²) in [5.74, 6) is -2.60. The number of hydrazine groups is 1. The van der Waals surface area contributed by atoms with Gasteiger partial charge in [-0.05, 0) is 32.0 Å². The van der Waals surface area contributed by atoms with Crippen molar-refractivity contribution in [3.05, 3.63) is 53.0 Å². The van der Waals surface area contributed by atoms with E-state index in [1.807, 2.05) is 5.43 Å². The molecule has 0 saturated carbocycles. The van der Waals surface area contributed by atoms with E-state index in [9.17, 15) is 22.0 Å². The van der Waals surface area contributed by atoms with Gasteiger partial charge in [-0.3, -0.25) is 10.2 Å². The molecule has 0 spiro atoms. The van der Waals surface area contributed by atoms with Crippen LogP contribution in [0.2, 0.25) is 0 Å². The number of rotatable bonds is 4. The molecule has 0 fully saturated rings. The van der Waals surface area contributed by atoms with Crippen LogP contribution >= 0.6 is 0 Å². The van der Waals surface area contributed by atoms with Gasteiger partial charge in [-0.25, -0.2) is 17.2 Å². The molecular formula is C13H12F2N2O4S. The Morgan fingerprint density at radius 3 is 2.27 bits per heavy atom. The monoisotopic (exact) mass is 330 g/mol. The van der Waals surface area contributed by atoms with Crippen molar-refractivity contribution in [3.63, 3.8) is 0 Å². The highest BCUT2D eigenvalue weighted by Crippen LogP contribution is 2.18. The number of hydrogen-bond donors (Lipinski definition) is 2. The molecule has 0 saturated heterocycles. The first-order chi connectivity index (χ1) is 10.2. The largest absolute Gasteiger partial charge is 0.466 e. The van der Waals surface area contributed by atoms with Gasteiger partial charge in [0.25, 0.3) is 15.9 Å². The summed E-state index contributed by atoms with van der Waals surface area (Å²) in [6.45, 7) is 3.13. The van der Waals surface area contributed by atoms with Crippen molar-refractivity contribution >= 4 is 15.9 Å². The van der Waals surface area contributed by atoms with Crippen LogP contribution in [0.4, 0.5) is 8.78 Å². The number of furan rings is 1. The summed E-state index contributed by atoms with van der Waals surface area (Å²) < 4.78 is 55.8. The van der Waals surface area contributed by atoms with Crippen molar-refractivity contribution in [1.29, 1.82) is 0 Å². The van der Waals surface area contributed by atoms with Gasteiger partial charge in [0.2, 0.25) is 0 Å². The maximum Gasteiger partial charge on any atom is 0.269 e. The molecule has 1 amide bonds. The summed E-state index contributed by atoms with van der Waals surface area (Å²) in [4.78, 5) is 12.3. The number of aryl methyl sites for hydroxylation is 2. The highest BCUT2D eigenvalue weighted by molar-refractivity contribution is 7.89. The quantitative estimate of drug-likeness (QED) is 0.837. The molecule has 0 aliphatic heterocycles. The van der Waals surface area contributed by atoms with Gasteiger partial charge in [0.1, 0.15) is 23.2 Å². The highest BCUT2D eigenvalue weighted by atomic mass is 32.2. The first-order valence-corrected chi connectivity index (χ1v) is 7.54. The van der Waals surface area contributed by atoms with Gasteiger partial charge < -0.3 is 4.42 Å². The number of nitrogens with one attached hydrogen (secondary N) is 2. The summed E-state index contributed by atoms with van der Waals surface area (Å²) in [5.41, 5.74) is 1.98. The zero-order chi connectivity index (χ0) is 16.5. The van der Waals surface area contributed by atoms with Crippen LogP contribution in [0.3, 0.4) is 0 Å². The van der Waals surface area contributed by atoms with Crippen LogP contribution in [0.25, 0.3) is 0 Å². The number of amides is 1. The Balaban J connectivity index is 2.20. The summed E-state index contributed by atoms with van der Waals surface area (Å²) in [6.07, 6.45) is 0. The lowest BCUT2D eigenvalue weighted by Gasteiger charge is -2.09. The number of sulfonamides is 1. The number of carbonyl (C=O) groups excluding carboxylic acids is 1. The molecule has 9 heteroatoms. The second-order valence-corrected chi connectivity index (χ2v) is 6.06. The molecule has 0 unspecified atom stereocenters. The van der Waals surface area contributed by atoms with Crippen LogP contribution in [-0.2, 0) is 10.0 Å². The Morgan fingerprint density at radius 2 is 1.77 bits per heavy atom. The summed E-state index contributed by atoms with van der Waals surface area (Å²) in [5, 5.41) is 0. The molecule has 0 radical (unpaired) electrons. The fourth-order valence-electron chi connectivity index (χ4n) is 1.83. The van der Waals surface area contributed by atoms with Crippen molar-refractivity contribution in [1.82, 2.24) is 10.3 Å². The van der Waals surface area contributed by atoms with Crippen LogP contribution in [0, 0.1) is 25.5 Å². The lowest BCUT2D eigenvalue weighted by molar-refractivity contribution is 0.0943. The fraction of sp³-hybridized carbons (Fsp3) is 0.154. The van der Waals surface area contributed by atoms with Crippen LogP contribution in [-0.4, -0.2) is 14.3 Å². The van der Waals surface area contributed by atoms with E-state index in [1.54, 1.807) is 11.8 Å². The molecule has 22 heavy (non-hydrogen) atoms. The highest BCUT2D eigenvalue weighted by Gasteiger charge is 2.25. The zero-order valence-electron chi connectivity index (χ0n) is 11.6. The first-order valence-electron chi connectivity index (χ1n) is 6.05. The van der Waals surface area contributed by atoms with E-state index >= 15 is 0 Å². The van der Waals surface area contributed by atoms with Gasteiger partial charge in [-0.2, -0.15) is 0 Å². The van der Waals surface area contributed by atoms with E-state index in [1.165, 1.54) is 13.0 Å². The van der Waals surface area contributed by atoms with Crippen LogP contribution in [0.1, 0.15) is 21.9 Å². The van der Waals surface area contributed by atoms with Crippen molar-refractivity contribution in [2.24, 2.45) is 0 Å². The molecule has 0 aliphatic rings. The van der Waals surface area contributed by atoms with E-state index in [-0.39, 0.29) is 11.3 Å². The predicted molar refractivity (Wildman–Crippen MR) is 72.3 cm³/mol. The SMILES string of the molecule is Cc1cc(C(=O)NNS(=O)(=O)c2c(F)cccc2F)c(C)o1. The number of halogens is 2. The molecule has 1 heterocycles. The van der Waals surface area contributed by atoms with E-state index < -0.39 is 32.5 Å². The van der Waals surface area contributed by atoms with Gasteiger partial charge >= 0.3 is 0 Å². The Labute approximate surface area is 125 Å². The average molecular weight is 330 g/mol. The second-order valence-electron chi connectivity index (χ2n) is 4.44. The van der Waals surface area contributed by atoms with E-state index in [2.05, 4.69) is 0 Å². The molecule has 1 aromatic carbocycles. The predicted octanol–water partition coefficient (Wildman–Crippen LogP) is 1.80. The molecular weight excluding hydrogens is 318 g/mol. The molecule has 1 aromatic heterocycles. The van der Waals surface area contributed by atoms with Crippen LogP contribution in [0.5, 0.6) is 0 Å². The smallest absolute Gasteiger partial charge is 0.269 e. The third-order valence-electron chi connectivity index (χ3n) is 2.77. The minimum atomic E-state index is -4.59. The van der Waals surface area contributed by atoms with E-state index in [4.69, 9.17) is 4.42 Å². The summed E-state index contributed by atoms with van der Waals surface area (Å²) in [7, 11) is -4.59. The maximum atomic E-state index is 13.5. The maximum absolute atomic E-state index is 13.5. The topological polar surface area (TPSA) is 88.4 Å². The molecule has 6 nitrogen and oxygen atoms in total. The number of benzene rings is 1. The van der Waals surface area contributed by atoms with Gasteiger partial charge in [-0.15, -0.1) is 4.83 Å².